The second-order valence-electron chi connectivity index (χ2n) is 5.08. The number of hydrogen-bond acceptors (Lipinski definition) is 4. The zero-order valence-corrected chi connectivity index (χ0v) is 12.5. The van der Waals surface area contributed by atoms with Gasteiger partial charge < -0.3 is 10.1 Å². The third kappa shape index (κ3) is 3.31. The molecule has 0 radical (unpaired) electrons. The maximum absolute atomic E-state index is 5.47. The van der Waals surface area contributed by atoms with Gasteiger partial charge in [0.2, 0.25) is 0 Å². The molecule has 4 heteroatoms. The molecule has 1 fully saturated rings. The average Bonchev–Trinajstić information content (AvgIpc) is 2.71. The summed E-state index contributed by atoms with van der Waals surface area (Å²) in [6.07, 6.45) is 3.47. The minimum atomic E-state index is 0.422. The smallest absolute Gasteiger partial charge is 0.110 e. The molecule has 1 saturated heterocycles. The Balaban J connectivity index is 2.12. The summed E-state index contributed by atoms with van der Waals surface area (Å²) in [6.45, 7) is 9.36. The molecule has 0 saturated carbocycles. The fraction of sp³-hybridized carbons (Fsp3) is 0.786. The van der Waals surface area contributed by atoms with E-state index in [0.717, 1.165) is 32.6 Å². The largest absolute Gasteiger partial charge is 0.381 e. The maximum atomic E-state index is 5.47. The van der Waals surface area contributed by atoms with Crippen LogP contribution in [0.1, 0.15) is 47.8 Å². The summed E-state index contributed by atoms with van der Waals surface area (Å²) in [5.74, 6) is 0.676. The van der Waals surface area contributed by atoms with Crippen molar-refractivity contribution >= 4 is 11.3 Å². The zero-order chi connectivity index (χ0) is 13.0. The lowest BCUT2D eigenvalue weighted by Crippen LogP contribution is -2.32. The summed E-state index contributed by atoms with van der Waals surface area (Å²) in [7, 11) is 0. The van der Waals surface area contributed by atoms with Gasteiger partial charge in [-0.25, -0.2) is 4.98 Å². The molecular weight excluding hydrogens is 244 g/mol. The van der Waals surface area contributed by atoms with Crippen LogP contribution in [0.2, 0.25) is 0 Å². The summed E-state index contributed by atoms with van der Waals surface area (Å²) in [6, 6.07) is 0.422. The highest BCUT2D eigenvalue weighted by molar-refractivity contribution is 7.11. The van der Waals surface area contributed by atoms with Crippen LogP contribution in [-0.4, -0.2) is 24.7 Å². The fourth-order valence-corrected chi connectivity index (χ4v) is 3.53. The molecular formula is C14H24N2OS. The molecule has 1 aliphatic heterocycles. The van der Waals surface area contributed by atoms with E-state index in [2.05, 4.69) is 26.1 Å². The van der Waals surface area contributed by atoms with Crippen LogP contribution in [-0.2, 0) is 4.74 Å². The number of nitrogens with zero attached hydrogens (tertiary/aromatic N) is 1. The molecule has 1 aromatic rings. The highest BCUT2D eigenvalue weighted by atomic mass is 32.1. The highest BCUT2D eigenvalue weighted by Gasteiger charge is 2.27. The van der Waals surface area contributed by atoms with Crippen LogP contribution in [0.15, 0.2) is 0 Å². The highest BCUT2D eigenvalue weighted by Crippen LogP contribution is 2.33. The van der Waals surface area contributed by atoms with Gasteiger partial charge in [0, 0.05) is 18.1 Å². The van der Waals surface area contributed by atoms with E-state index in [9.17, 15) is 0 Å². The third-order valence-corrected chi connectivity index (χ3v) is 4.82. The molecule has 1 aliphatic rings. The molecule has 1 unspecified atom stereocenters. The molecule has 1 N–H and O–H groups in total. The molecule has 2 heterocycles. The molecule has 0 amide bonds. The quantitative estimate of drug-likeness (QED) is 0.890. The Hall–Kier alpha value is -0.450. The van der Waals surface area contributed by atoms with Crippen LogP contribution < -0.4 is 5.32 Å². The van der Waals surface area contributed by atoms with E-state index >= 15 is 0 Å². The number of aromatic nitrogens is 1. The molecule has 1 atom stereocenters. The lowest BCUT2D eigenvalue weighted by Gasteiger charge is -2.29. The lowest BCUT2D eigenvalue weighted by atomic mass is 9.92. The number of rotatable bonds is 5. The minimum Gasteiger partial charge on any atom is -0.381 e. The van der Waals surface area contributed by atoms with E-state index in [-0.39, 0.29) is 0 Å². The van der Waals surface area contributed by atoms with Crippen LogP contribution >= 0.6 is 11.3 Å². The minimum absolute atomic E-state index is 0.422. The summed E-state index contributed by atoms with van der Waals surface area (Å²) < 4.78 is 5.47. The molecule has 102 valence electrons. The van der Waals surface area contributed by atoms with E-state index in [0.29, 0.717) is 12.0 Å². The van der Waals surface area contributed by atoms with Crippen LogP contribution in [0.4, 0.5) is 0 Å². The first-order chi connectivity index (χ1) is 8.72. The van der Waals surface area contributed by atoms with Gasteiger partial charge in [-0.15, -0.1) is 11.3 Å². The first kappa shape index (κ1) is 14.0. The molecule has 18 heavy (non-hydrogen) atoms. The van der Waals surface area contributed by atoms with Crippen molar-refractivity contribution in [3.8, 4) is 0 Å². The van der Waals surface area contributed by atoms with Gasteiger partial charge in [-0.05, 0) is 45.6 Å². The topological polar surface area (TPSA) is 34.2 Å². The van der Waals surface area contributed by atoms with Gasteiger partial charge >= 0.3 is 0 Å². The Labute approximate surface area is 114 Å². The molecule has 0 spiro atoms. The van der Waals surface area contributed by atoms with E-state index in [1.54, 1.807) is 0 Å². The third-order valence-electron chi connectivity index (χ3n) is 3.66. The van der Waals surface area contributed by atoms with Crippen molar-refractivity contribution in [2.24, 2.45) is 5.92 Å². The molecule has 0 aliphatic carbocycles. The van der Waals surface area contributed by atoms with Crippen LogP contribution in [0.3, 0.4) is 0 Å². The van der Waals surface area contributed by atoms with E-state index in [4.69, 9.17) is 9.72 Å². The molecule has 0 bridgehead atoms. The lowest BCUT2D eigenvalue weighted by molar-refractivity contribution is 0.0536. The van der Waals surface area contributed by atoms with Crippen molar-refractivity contribution in [2.75, 3.05) is 19.8 Å². The summed E-state index contributed by atoms with van der Waals surface area (Å²) in [5.41, 5.74) is 1.19. The number of nitrogens with one attached hydrogen (secondary N) is 1. The summed E-state index contributed by atoms with van der Waals surface area (Å²) in [5, 5.41) is 4.96. The van der Waals surface area contributed by atoms with Gasteiger partial charge in [-0.1, -0.05) is 6.92 Å². The molecule has 3 nitrogen and oxygen atoms in total. The summed E-state index contributed by atoms with van der Waals surface area (Å²) in [4.78, 5) is 6.10. The predicted octanol–water partition coefficient (Wildman–Crippen LogP) is 3.23. The summed E-state index contributed by atoms with van der Waals surface area (Å²) >= 11 is 1.85. The van der Waals surface area contributed by atoms with E-state index < -0.39 is 0 Å². The Morgan fingerprint density at radius 1 is 1.39 bits per heavy atom. The number of aryl methyl sites for hydroxylation is 2. The van der Waals surface area contributed by atoms with Gasteiger partial charge in [0.05, 0.1) is 11.7 Å². The van der Waals surface area contributed by atoms with Gasteiger partial charge in [0.25, 0.3) is 0 Å². The average molecular weight is 268 g/mol. The SMILES string of the molecule is CCCNC(c1nc(C)c(C)s1)C1CCOCC1. The van der Waals surface area contributed by atoms with Crippen molar-refractivity contribution in [1.29, 1.82) is 0 Å². The van der Waals surface area contributed by atoms with E-state index in [1.807, 2.05) is 11.3 Å². The maximum Gasteiger partial charge on any atom is 0.110 e. The number of ether oxygens (including phenoxy) is 1. The fourth-order valence-electron chi connectivity index (χ4n) is 2.44. The van der Waals surface area contributed by atoms with Gasteiger partial charge in [-0.2, -0.15) is 0 Å². The van der Waals surface area contributed by atoms with Gasteiger partial charge in [0.1, 0.15) is 5.01 Å². The number of thiazole rings is 1. The van der Waals surface area contributed by atoms with Crippen LogP contribution in [0.25, 0.3) is 0 Å². The van der Waals surface area contributed by atoms with Crippen molar-refractivity contribution in [2.45, 2.75) is 46.1 Å². The Morgan fingerprint density at radius 3 is 2.67 bits per heavy atom. The van der Waals surface area contributed by atoms with Crippen LogP contribution in [0.5, 0.6) is 0 Å². The molecule has 1 aromatic heterocycles. The van der Waals surface area contributed by atoms with Crippen molar-refractivity contribution in [3.63, 3.8) is 0 Å². The molecule has 0 aromatic carbocycles. The Bertz CT molecular complexity index is 352. The van der Waals surface area contributed by atoms with Crippen molar-refractivity contribution in [3.05, 3.63) is 15.6 Å². The van der Waals surface area contributed by atoms with Crippen molar-refractivity contribution in [1.82, 2.24) is 10.3 Å². The zero-order valence-electron chi connectivity index (χ0n) is 11.7. The van der Waals surface area contributed by atoms with Crippen molar-refractivity contribution < 1.29 is 4.74 Å². The number of hydrogen-bond donors (Lipinski definition) is 1. The first-order valence-electron chi connectivity index (χ1n) is 6.97. The first-order valence-corrected chi connectivity index (χ1v) is 7.79. The normalized spacial score (nSPS) is 19.1. The van der Waals surface area contributed by atoms with Gasteiger partial charge in [0.15, 0.2) is 0 Å². The standard InChI is InChI=1S/C14H24N2OS/c1-4-7-15-13(12-5-8-17-9-6-12)14-16-10(2)11(3)18-14/h12-13,15H,4-9H2,1-3H3. The predicted molar refractivity (Wildman–Crippen MR) is 76.2 cm³/mol. The second-order valence-corrected chi connectivity index (χ2v) is 6.31. The van der Waals surface area contributed by atoms with Crippen LogP contribution in [0, 0.1) is 19.8 Å². The second kappa shape index (κ2) is 6.64. The van der Waals surface area contributed by atoms with Gasteiger partial charge in [-0.3, -0.25) is 0 Å². The Morgan fingerprint density at radius 2 is 2.11 bits per heavy atom. The Kier molecular flexibility index (Phi) is 5.15. The molecule has 2 rings (SSSR count). The van der Waals surface area contributed by atoms with E-state index in [1.165, 1.54) is 22.0 Å². The monoisotopic (exact) mass is 268 g/mol.